The average Bonchev–Trinajstić information content (AvgIpc) is 2.66. The average molecular weight is 506 g/mol. The van der Waals surface area contributed by atoms with Crippen LogP contribution in [0.4, 0.5) is 0 Å². The van der Waals surface area contributed by atoms with Crippen LogP contribution in [0, 0.1) is 5.92 Å². The molecule has 0 aliphatic carbocycles. The molecule has 0 aliphatic heterocycles. The van der Waals surface area contributed by atoms with Crippen LogP contribution in [0.1, 0.15) is 44.7 Å². The number of aliphatic hydroxyl groups excluding tert-OH is 1. The van der Waals surface area contributed by atoms with Crippen molar-refractivity contribution in [3.8, 4) is 5.75 Å². The van der Waals surface area contributed by atoms with Gasteiger partial charge in [-0.2, -0.15) is 0 Å². The van der Waals surface area contributed by atoms with E-state index in [2.05, 4.69) is 49.5 Å². The number of guanidine groups is 1. The number of nitrogens with one attached hydrogen (secondary N) is 2. The fourth-order valence-corrected chi connectivity index (χ4v) is 3.19. The summed E-state index contributed by atoms with van der Waals surface area (Å²) in [5.41, 5.74) is 1.15. The molecule has 6 nitrogen and oxygen atoms in total. The van der Waals surface area contributed by atoms with E-state index in [-0.39, 0.29) is 36.6 Å². The summed E-state index contributed by atoms with van der Waals surface area (Å²) in [5, 5.41) is 16.0. The standard InChI is InChI=1S/C21H38N4O2.HI/c1-6-10-17(13-14-26)15-23-21(22-7-2)24-16-19(25(3)4)18-11-8-9-12-20(18)27-5;/h8-9,11-12,17,19,26H,6-7,10,13-16H2,1-5H3,(H2,22,23,24);1H. The molecule has 0 heterocycles. The van der Waals surface area contributed by atoms with Crippen molar-refractivity contribution >= 4 is 29.9 Å². The highest BCUT2D eigenvalue weighted by atomic mass is 127. The predicted octanol–water partition coefficient (Wildman–Crippen LogP) is 3.27. The molecule has 0 saturated heterocycles. The molecule has 0 fully saturated rings. The van der Waals surface area contributed by atoms with E-state index in [1.807, 2.05) is 18.2 Å². The van der Waals surface area contributed by atoms with Crippen LogP contribution in [0.25, 0.3) is 0 Å². The summed E-state index contributed by atoms with van der Waals surface area (Å²) in [5.74, 6) is 2.14. The fraction of sp³-hybridized carbons (Fsp3) is 0.667. The normalized spacial score (nSPS) is 13.6. The van der Waals surface area contributed by atoms with Crippen molar-refractivity contribution < 1.29 is 9.84 Å². The van der Waals surface area contributed by atoms with Gasteiger partial charge in [-0.25, -0.2) is 0 Å². The highest BCUT2D eigenvalue weighted by molar-refractivity contribution is 14.0. The van der Waals surface area contributed by atoms with E-state index in [1.54, 1.807) is 7.11 Å². The largest absolute Gasteiger partial charge is 0.496 e. The Hall–Kier alpha value is -1.06. The summed E-state index contributed by atoms with van der Waals surface area (Å²) in [7, 11) is 5.85. The number of aliphatic hydroxyl groups is 1. The summed E-state index contributed by atoms with van der Waals surface area (Å²) in [4.78, 5) is 6.93. The van der Waals surface area contributed by atoms with Gasteiger partial charge in [0, 0.05) is 31.8 Å². The van der Waals surface area contributed by atoms with Crippen molar-refractivity contribution in [2.45, 2.75) is 39.2 Å². The van der Waals surface area contributed by atoms with Crippen LogP contribution >= 0.6 is 24.0 Å². The number of para-hydroxylation sites is 1. The topological polar surface area (TPSA) is 69.1 Å². The lowest BCUT2D eigenvalue weighted by atomic mass is 10.0. The van der Waals surface area contributed by atoms with Gasteiger partial charge in [0.15, 0.2) is 5.96 Å². The second-order valence-corrected chi connectivity index (χ2v) is 6.99. The van der Waals surface area contributed by atoms with E-state index in [1.165, 1.54) is 0 Å². The molecule has 0 radical (unpaired) electrons. The van der Waals surface area contributed by atoms with Gasteiger partial charge in [0.1, 0.15) is 5.75 Å². The number of halogens is 1. The zero-order chi connectivity index (χ0) is 20.1. The highest BCUT2D eigenvalue weighted by Gasteiger charge is 2.18. The Morgan fingerprint density at radius 2 is 1.89 bits per heavy atom. The van der Waals surface area contributed by atoms with Crippen molar-refractivity contribution in [3.05, 3.63) is 29.8 Å². The van der Waals surface area contributed by atoms with Crippen molar-refractivity contribution in [3.63, 3.8) is 0 Å². The summed E-state index contributed by atoms with van der Waals surface area (Å²) < 4.78 is 5.54. The number of ether oxygens (including phenoxy) is 1. The molecule has 162 valence electrons. The molecule has 2 unspecified atom stereocenters. The number of likely N-dealkylation sites (N-methyl/N-ethyl adjacent to an activating group) is 1. The van der Waals surface area contributed by atoms with E-state index >= 15 is 0 Å². The predicted molar refractivity (Wildman–Crippen MR) is 129 cm³/mol. The van der Waals surface area contributed by atoms with Crippen molar-refractivity contribution in [1.82, 2.24) is 15.5 Å². The lowest BCUT2D eigenvalue weighted by Gasteiger charge is -2.27. The Labute approximate surface area is 188 Å². The Kier molecular flexibility index (Phi) is 15.2. The highest BCUT2D eigenvalue weighted by Crippen LogP contribution is 2.27. The molecular formula is C21H39IN4O2. The maximum absolute atomic E-state index is 9.25. The first-order chi connectivity index (χ1) is 13.1. The molecule has 0 amide bonds. The maximum Gasteiger partial charge on any atom is 0.191 e. The Morgan fingerprint density at radius 3 is 2.46 bits per heavy atom. The number of hydrogen-bond donors (Lipinski definition) is 3. The van der Waals surface area contributed by atoms with E-state index in [4.69, 9.17) is 9.73 Å². The summed E-state index contributed by atoms with van der Waals surface area (Å²) in [6.45, 7) is 6.72. The first kappa shape index (κ1) is 26.9. The summed E-state index contributed by atoms with van der Waals surface area (Å²) >= 11 is 0. The molecule has 0 saturated carbocycles. The fourth-order valence-electron chi connectivity index (χ4n) is 3.19. The molecule has 1 aromatic rings. The van der Waals surface area contributed by atoms with Crippen LogP contribution in [0.2, 0.25) is 0 Å². The van der Waals surface area contributed by atoms with Crippen LogP contribution in [0.5, 0.6) is 5.75 Å². The number of nitrogens with zero attached hydrogens (tertiary/aromatic N) is 2. The lowest BCUT2D eigenvalue weighted by Crippen LogP contribution is -2.42. The molecule has 3 N–H and O–H groups in total. The van der Waals surface area contributed by atoms with Crippen molar-refractivity contribution in [2.24, 2.45) is 10.9 Å². The third-order valence-electron chi connectivity index (χ3n) is 4.67. The van der Waals surface area contributed by atoms with Crippen molar-refractivity contribution in [2.75, 3.05) is 47.4 Å². The van der Waals surface area contributed by atoms with Gasteiger partial charge in [0.2, 0.25) is 0 Å². The van der Waals surface area contributed by atoms with Gasteiger partial charge in [0.25, 0.3) is 0 Å². The first-order valence-corrected chi connectivity index (χ1v) is 9.99. The molecule has 0 bridgehead atoms. The van der Waals surface area contributed by atoms with Gasteiger partial charge in [-0.05, 0) is 45.8 Å². The summed E-state index contributed by atoms with van der Waals surface area (Å²) in [6, 6.07) is 8.29. The second-order valence-electron chi connectivity index (χ2n) is 6.99. The van der Waals surface area contributed by atoms with Gasteiger partial charge in [-0.15, -0.1) is 24.0 Å². The molecule has 0 aromatic heterocycles. The zero-order valence-electron chi connectivity index (χ0n) is 18.1. The Balaban J connectivity index is 0.00000729. The van der Waals surface area contributed by atoms with E-state index in [9.17, 15) is 5.11 Å². The van der Waals surface area contributed by atoms with Gasteiger partial charge in [0.05, 0.1) is 13.2 Å². The second kappa shape index (κ2) is 15.8. The molecule has 28 heavy (non-hydrogen) atoms. The monoisotopic (exact) mass is 506 g/mol. The van der Waals surface area contributed by atoms with Gasteiger partial charge >= 0.3 is 0 Å². The molecule has 2 atom stereocenters. The molecule has 7 heteroatoms. The molecular weight excluding hydrogens is 467 g/mol. The first-order valence-electron chi connectivity index (χ1n) is 9.99. The lowest BCUT2D eigenvalue weighted by molar-refractivity contribution is 0.253. The number of methoxy groups -OCH3 is 1. The number of rotatable bonds is 12. The third kappa shape index (κ3) is 9.43. The number of hydrogen-bond acceptors (Lipinski definition) is 4. The minimum Gasteiger partial charge on any atom is -0.496 e. The van der Waals surface area contributed by atoms with Crippen molar-refractivity contribution in [1.29, 1.82) is 0 Å². The van der Waals surface area contributed by atoms with E-state index < -0.39 is 0 Å². The molecule has 1 aromatic carbocycles. The van der Waals surface area contributed by atoms with Crippen LogP contribution < -0.4 is 15.4 Å². The number of aliphatic imine (C=N–C) groups is 1. The van der Waals surface area contributed by atoms with Gasteiger partial charge < -0.3 is 25.4 Å². The van der Waals surface area contributed by atoms with Crippen LogP contribution in [0.15, 0.2) is 29.3 Å². The molecule has 0 spiro atoms. The summed E-state index contributed by atoms with van der Waals surface area (Å²) in [6.07, 6.45) is 3.00. The maximum atomic E-state index is 9.25. The Morgan fingerprint density at radius 1 is 1.18 bits per heavy atom. The van der Waals surface area contributed by atoms with E-state index in [0.717, 1.165) is 56.2 Å². The van der Waals surface area contributed by atoms with Crippen LogP contribution in [-0.4, -0.2) is 63.4 Å². The number of benzene rings is 1. The SMILES string of the molecule is CCCC(CCO)CN=C(NCC)NCC(c1ccccc1OC)N(C)C.I. The van der Waals surface area contributed by atoms with Gasteiger partial charge in [-0.1, -0.05) is 31.5 Å². The quantitative estimate of drug-likeness (QED) is 0.231. The third-order valence-corrected chi connectivity index (χ3v) is 4.67. The van der Waals surface area contributed by atoms with Gasteiger partial charge in [-0.3, -0.25) is 4.99 Å². The van der Waals surface area contributed by atoms with Crippen LogP contribution in [0.3, 0.4) is 0 Å². The minimum absolute atomic E-state index is 0. The Bertz CT molecular complexity index is 549. The minimum atomic E-state index is 0. The van der Waals surface area contributed by atoms with E-state index in [0.29, 0.717) is 5.92 Å². The molecule has 1 rings (SSSR count). The smallest absolute Gasteiger partial charge is 0.191 e. The van der Waals surface area contributed by atoms with Crippen LogP contribution in [-0.2, 0) is 0 Å². The zero-order valence-corrected chi connectivity index (χ0v) is 20.4. The molecule has 0 aliphatic rings.